The van der Waals surface area contributed by atoms with Crippen LogP contribution in [0.5, 0.6) is 0 Å². The second-order valence-electron chi connectivity index (χ2n) is 4.53. The van der Waals surface area contributed by atoms with E-state index in [9.17, 15) is 13.6 Å². The Morgan fingerprint density at radius 3 is 2.43 bits per heavy atom. The monoisotopic (exact) mass is 287 g/mol. The van der Waals surface area contributed by atoms with Gasteiger partial charge in [0.2, 0.25) is 5.95 Å². The molecule has 106 valence electrons. The first kappa shape index (κ1) is 13.2. The predicted octanol–water partition coefficient (Wildman–Crippen LogP) is 2.43. The third-order valence-corrected chi connectivity index (χ3v) is 3.05. The lowest BCUT2D eigenvalue weighted by atomic mass is 10.1. The fourth-order valence-corrected chi connectivity index (χ4v) is 2.06. The van der Waals surface area contributed by atoms with Crippen LogP contribution in [0, 0.1) is 11.6 Å². The van der Waals surface area contributed by atoms with E-state index in [1.165, 1.54) is 24.3 Å². The molecule has 21 heavy (non-hydrogen) atoms. The summed E-state index contributed by atoms with van der Waals surface area (Å²) in [5.74, 6) is -1.00. The number of hydrogen-bond acceptors (Lipinski definition) is 2. The highest BCUT2D eigenvalue weighted by Gasteiger charge is 2.11. The Balaban J connectivity index is 2.02. The van der Waals surface area contributed by atoms with E-state index in [2.05, 4.69) is 9.97 Å². The number of benzene rings is 1. The molecule has 1 N–H and O–H groups in total. The molecule has 0 atom stereocenters. The summed E-state index contributed by atoms with van der Waals surface area (Å²) < 4.78 is 28.9. The lowest BCUT2D eigenvalue weighted by Crippen LogP contribution is -2.14. The third-order valence-electron chi connectivity index (χ3n) is 3.05. The zero-order chi connectivity index (χ0) is 14.8. The Kier molecular flexibility index (Phi) is 3.35. The van der Waals surface area contributed by atoms with Gasteiger partial charge < -0.3 is 0 Å². The molecule has 4 nitrogen and oxygen atoms in total. The molecule has 0 aliphatic rings. The van der Waals surface area contributed by atoms with Crippen LogP contribution in [0.4, 0.5) is 8.78 Å². The zero-order valence-corrected chi connectivity index (χ0v) is 10.9. The Hall–Kier alpha value is -2.76. The summed E-state index contributed by atoms with van der Waals surface area (Å²) in [5.41, 5.74) is -0.180. The Morgan fingerprint density at radius 1 is 1.10 bits per heavy atom. The molecule has 0 fully saturated rings. The minimum absolute atomic E-state index is 0.0866. The lowest BCUT2D eigenvalue weighted by Gasteiger charge is -2.07. The van der Waals surface area contributed by atoms with E-state index in [-0.39, 0.29) is 17.5 Å². The van der Waals surface area contributed by atoms with Gasteiger partial charge in [-0.15, -0.1) is 0 Å². The molecule has 0 aliphatic heterocycles. The summed E-state index contributed by atoms with van der Waals surface area (Å²) in [4.78, 5) is 18.5. The normalized spacial score (nSPS) is 10.8. The summed E-state index contributed by atoms with van der Waals surface area (Å²) >= 11 is 0. The molecule has 0 bridgehead atoms. The highest BCUT2D eigenvalue weighted by Crippen LogP contribution is 2.15. The van der Waals surface area contributed by atoms with Crippen LogP contribution in [-0.2, 0) is 6.42 Å². The minimum Gasteiger partial charge on any atom is -0.294 e. The smallest absolute Gasteiger partial charge is 0.252 e. The Morgan fingerprint density at radius 2 is 1.76 bits per heavy atom. The van der Waals surface area contributed by atoms with Gasteiger partial charge in [-0.1, -0.05) is 6.07 Å². The fraction of sp³-hybridized carbons (Fsp3) is 0.0667. The number of hydrogen-bond donors (Lipinski definition) is 1. The highest BCUT2D eigenvalue weighted by atomic mass is 19.1. The van der Waals surface area contributed by atoms with Gasteiger partial charge in [0.05, 0.1) is 5.69 Å². The molecule has 0 unspecified atom stereocenters. The standard InChI is InChI=1S/C15H11F2N3O/c16-12-4-3-5-13(17)11(12)8-10-9-14(21)19-15(18-10)20-6-1-2-7-20/h1-7,9H,8H2,(H,18,19,21). The first-order valence-corrected chi connectivity index (χ1v) is 6.30. The largest absolute Gasteiger partial charge is 0.294 e. The van der Waals surface area contributed by atoms with Crippen LogP contribution < -0.4 is 5.56 Å². The molecular weight excluding hydrogens is 276 g/mol. The quantitative estimate of drug-likeness (QED) is 0.804. The van der Waals surface area contributed by atoms with Gasteiger partial charge in [0.1, 0.15) is 11.6 Å². The van der Waals surface area contributed by atoms with E-state index < -0.39 is 11.6 Å². The maximum atomic E-state index is 13.7. The molecule has 0 saturated carbocycles. The molecule has 2 aromatic heterocycles. The summed E-state index contributed by atoms with van der Waals surface area (Å²) in [6.45, 7) is 0. The van der Waals surface area contributed by atoms with Crippen molar-refractivity contribution in [3.63, 3.8) is 0 Å². The Labute approximate surface area is 118 Å². The van der Waals surface area contributed by atoms with Crippen molar-refractivity contribution in [1.29, 1.82) is 0 Å². The molecule has 1 aromatic carbocycles. The number of nitrogens with zero attached hydrogens (tertiary/aromatic N) is 2. The van der Waals surface area contributed by atoms with Crippen molar-refractivity contribution in [2.24, 2.45) is 0 Å². The summed E-state index contributed by atoms with van der Waals surface area (Å²) in [6, 6.07) is 8.45. The summed E-state index contributed by atoms with van der Waals surface area (Å²) in [6.07, 6.45) is 3.34. The van der Waals surface area contributed by atoms with Crippen molar-refractivity contribution < 1.29 is 8.78 Å². The van der Waals surface area contributed by atoms with Crippen molar-refractivity contribution in [2.45, 2.75) is 6.42 Å². The molecule has 0 aliphatic carbocycles. The maximum absolute atomic E-state index is 13.7. The van der Waals surface area contributed by atoms with Crippen LogP contribution in [-0.4, -0.2) is 14.5 Å². The second kappa shape index (κ2) is 5.32. The average Bonchev–Trinajstić information content (AvgIpc) is 2.97. The molecule has 0 radical (unpaired) electrons. The molecule has 0 amide bonds. The van der Waals surface area contributed by atoms with Gasteiger partial charge in [-0.2, -0.15) is 0 Å². The van der Waals surface area contributed by atoms with Crippen LogP contribution in [0.25, 0.3) is 5.95 Å². The van der Waals surface area contributed by atoms with E-state index >= 15 is 0 Å². The van der Waals surface area contributed by atoms with Crippen LogP contribution in [0.15, 0.2) is 53.6 Å². The second-order valence-corrected chi connectivity index (χ2v) is 4.53. The molecule has 2 heterocycles. The first-order valence-electron chi connectivity index (χ1n) is 6.30. The van der Waals surface area contributed by atoms with Crippen molar-refractivity contribution in [2.75, 3.05) is 0 Å². The average molecular weight is 287 g/mol. The van der Waals surface area contributed by atoms with E-state index in [1.807, 2.05) is 0 Å². The maximum Gasteiger partial charge on any atom is 0.252 e. The van der Waals surface area contributed by atoms with Gasteiger partial charge >= 0.3 is 0 Å². The first-order chi connectivity index (χ1) is 10.1. The van der Waals surface area contributed by atoms with Crippen LogP contribution in [0.2, 0.25) is 0 Å². The van der Waals surface area contributed by atoms with Gasteiger partial charge in [-0.25, -0.2) is 13.8 Å². The molecule has 3 rings (SSSR count). The molecule has 6 heteroatoms. The number of aromatic nitrogens is 3. The van der Waals surface area contributed by atoms with Crippen molar-refractivity contribution in [3.05, 3.63) is 82.0 Å². The number of H-pyrrole nitrogens is 1. The van der Waals surface area contributed by atoms with E-state index in [0.717, 1.165) is 0 Å². The van der Waals surface area contributed by atoms with Gasteiger partial charge in [-0.3, -0.25) is 14.3 Å². The highest BCUT2D eigenvalue weighted by molar-refractivity contribution is 5.26. The number of rotatable bonds is 3. The van der Waals surface area contributed by atoms with E-state index in [0.29, 0.717) is 11.6 Å². The van der Waals surface area contributed by atoms with Crippen LogP contribution in [0.1, 0.15) is 11.3 Å². The van der Waals surface area contributed by atoms with Gasteiger partial charge in [0.25, 0.3) is 5.56 Å². The van der Waals surface area contributed by atoms with E-state index in [4.69, 9.17) is 0 Å². The summed E-state index contributed by atoms with van der Waals surface area (Å²) in [5, 5.41) is 0. The number of nitrogens with one attached hydrogen (secondary N) is 1. The lowest BCUT2D eigenvalue weighted by molar-refractivity contribution is 0.560. The molecule has 0 spiro atoms. The summed E-state index contributed by atoms with van der Waals surface area (Å²) in [7, 11) is 0. The third kappa shape index (κ3) is 2.74. The van der Waals surface area contributed by atoms with Crippen LogP contribution >= 0.6 is 0 Å². The fourth-order valence-electron chi connectivity index (χ4n) is 2.06. The number of aromatic amines is 1. The van der Waals surface area contributed by atoms with Gasteiger partial charge in [-0.05, 0) is 24.3 Å². The van der Waals surface area contributed by atoms with Crippen molar-refractivity contribution >= 4 is 0 Å². The molecule has 3 aromatic rings. The van der Waals surface area contributed by atoms with E-state index in [1.54, 1.807) is 29.1 Å². The van der Waals surface area contributed by atoms with Gasteiger partial charge in [0.15, 0.2) is 0 Å². The SMILES string of the molecule is O=c1cc(Cc2c(F)cccc2F)nc(-n2cccc2)[nH]1. The van der Waals surface area contributed by atoms with Crippen LogP contribution in [0.3, 0.4) is 0 Å². The number of halogens is 2. The predicted molar refractivity (Wildman–Crippen MR) is 73.3 cm³/mol. The van der Waals surface area contributed by atoms with Gasteiger partial charge in [0, 0.05) is 30.4 Å². The molecule has 0 saturated heterocycles. The zero-order valence-electron chi connectivity index (χ0n) is 10.9. The van der Waals surface area contributed by atoms with Crippen molar-refractivity contribution in [1.82, 2.24) is 14.5 Å². The molecular formula is C15H11F2N3O. The van der Waals surface area contributed by atoms with Crippen molar-refractivity contribution in [3.8, 4) is 5.95 Å². The minimum atomic E-state index is -0.653. The topological polar surface area (TPSA) is 50.7 Å². The Bertz CT molecular complexity index is 805.